The molecule has 0 aromatic rings. The molecule has 0 heterocycles. The average molecular weight is 1210 g/mol. The van der Waals surface area contributed by atoms with E-state index in [0.29, 0.717) is 25.9 Å². The van der Waals surface area contributed by atoms with E-state index in [1.165, 1.54) is 392 Å². The lowest BCUT2D eigenvalue weighted by Gasteiger charge is -2.22. The Morgan fingerprint density at radius 2 is 0.547 bits per heavy atom. The van der Waals surface area contributed by atoms with Crippen molar-refractivity contribution in [3.05, 3.63) is 12.2 Å². The number of rotatable bonds is 76. The zero-order valence-corrected chi connectivity index (χ0v) is 58.8. The van der Waals surface area contributed by atoms with Gasteiger partial charge in [0.25, 0.3) is 0 Å². The summed E-state index contributed by atoms with van der Waals surface area (Å²) in [4.78, 5) is 24.6. The van der Waals surface area contributed by atoms with Crippen LogP contribution in [0.5, 0.6) is 0 Å². The molecule has 0 aliphatic carbocycles. The molecule has 0 radical (unpaired) electrons. The van der Waals surface area contributed by atoms with Crippen LogP contribution < -0.4 is 5.32 Å². The van der Waals surface area contributed by atoms with Crippen molar-refractivity contribution in [3.63, 3.8) is 0 Å². The molecule has 1 amide bonds. The minimum absolute atomic E-state index is 0.0218. The van der Waals surface area contributed by atoms with E-state index < -0.39 is 12.1 Å². The number of ether oxygens (including phenoxy) is 1. The largest absolute Gasteiger partial charge is 0.466 e. The fourth-order valence-corrected chi connectivity index (χ4v) is 13.0. The Balaban J connectivity index is 3.27. The highest BCUT2D eigenvalue weighted by molar-refractivity contribution is 5.76. The average Bonchev–Trinajstić information content (AvgIpc) is 3.54. The Bertz CT molecular complexity index is 1300. The maximum absolute atomic E-state index is 12.5. The molecular formula is C80H157NO5. The normalized spacial score (nSPS) is 12.5. The number of allylic oxidation sites excluding steroid dienone is 2. The third-order valence-corrected chi connectivity index (χ3v) is 19.1. The van der Waals surface area contributed by atoms with Crippen molar-refractivity contribution in [1.82, 2.24) is 5.32 Å². The number of aliphatic hydroxyl groups is 2. The molecule has 0 saturated heterocycles. The van der Waals surface area contributed by atoms with Gasteiger partial charge in [-0.05, 0) is 51.4 Å². The zero-order valence-electron chi connectivity index (χ0n) is 58.8. The van der Waals surface area contributed by atoms with Crippen molar-refractivity contribution < 1.29 is 24.5 Å². The summed E-state index contributed by atoms with van der Waals surface area (Å²) >= 11 is 0. The lowest BCUT2D eigenvalue weighted by Crippen LogP contribution is -2.45. The lowest BCUT2D eigenvalue weighted by atomic mass is 10.0. The predicted octanol–water partition coefficient (Wildman–Crippen LogP) is 26.3. The molecule has 6 nitrogen and oxygen atoms in total. The first-order chi connectivity index (χ1) is 42.5. The fourth-order valence-electron chi connectivity index (χ4n) is 13.0. The number of unbranched alkanes of at least 4 members (excludes halogenated alkanes) is 63. The highest BCUT2D eigenvalue weighted by Gasteiger charge is 2.20. The molecule has 0 bridgehead atoms. The van der Waals surface area contributed by atoms with E-state index in [1.54, 1.807) is 0 Å². The van der Waals surface area contributed by atoms with Gasteiger partial charge in [-0.1, -0.05) is 411 Å². The van der Waals surface area contributed by atoms with Gasteiger partial charge in [-0.15, -0.1) is 0 Å². The second kappa shape index (κ2) is 76.1. The summed E-state index contributed by atoms with van der Waals surface area (Å²) in [6, 6.07) is -0.535. The van der Waals surface area contributed by atoms with E-state index in [-0.39, 0.29) is 18.5 Å². The van der Waals surface area contributed by atoms with Gasteiger partial charge in [0.05, 0.1) is 25.4 Å². The number of hydrogen-bond donors (Lipinski definition) is 3. The highest BCUT2D eigenvalue weighted by atomic mass is 16.5. The summed E-state index contributed by atoms with van der Waals surface area (Å²) < 4.78 is 5.51. The molecule has 86 heavy (non-hydrogen) atoms. The maximum atomic E-state index is 12.5. The Hall–Kier alpha value is -1.40. The summed E-state index contributed by atoms with van der Waals surface area (Å²) in [5.74, 6) is -0.00404. The molecule has 0 aromatic carbocycles. The second-order valence-corrected chi connectivity index (χ2v) is 27.8. The molecule has 6 heteroatoms. The van der Waals surface area contributed by atoms with Crippen molar-refractivity contribution in [2.45, 2.75) is 475 Å². The third kappa shape index (κ3) is 71.7. The van der Waals surface area contributed by atoms with Crippen LogP contribution in [0.1, 0.15) is 463 Å². The van der Waals surface area contributed by atoms with Crippen LogP contribution in [-0.2, 0) is 14.3 Å². The van der Waals surface area contributed by atoms with Crippen LogP contribution >= 0.6 is 0 Å². The molecule has 2 atom stereocenters. The number of carbonyl (C=O) groups is 2. The van der Waals surface area contributed by atoms with Crippen LogP contribution in [0.4, 0.5) is 0 Å². The van der Waals surface area contributed by atoms with Gasteiger partial charge < -0.3 is 20.3 Å². The smallest absolute Gasteiger partial charge is 0.305 e. The Morgan fingerprint density at radius 3 is 0.826 bits per heavy atom. The second-order valence-electron chi connectivity index (χ2n) is 27.8. The van der Waals surface area contributed by atoms with Crippen LogP contribution in [0, 0.1) is 0 Å². The molecule has 2 unspecified atom stereocenters. The van der Waals surface area contributed by atoms with Gasteiger partial charge in [-0.3, -0.25) is 9.59 Å². The topological polar surface area (TPSA) is 95.9 Å². The first kappa shape index (κ1) is 84.6. The molecule has 0 aliphatic rings. The molecule has 0 fully saturated rings. The molecule has 0 saturated carbocycles. The highest BCUT2D eigenvalue weighted by Crippen LogP contribution is 2.20. The molecule has 0 spiro atoms. The van der Waals surface area contributed by atoms with Gasteiger partial charge in [-0.25, -0.2) is 0 Å². The number of nitrogens with one attached hydrogen (secondary N) is 1. The minimum atomic E-state index is -0.658. The maximum Gasteiger partial charge on any atom is 0.305 e. The number of hydrogen-bond acceptors (Lipinski definition) is 5. The van der Waals surface area contributed by atoms with Gasteiger partial charge in [0.2, 0.25) is 5.91 Å². The standard InChI is InChI=1S/C80H157NO5/c1-3-5-7-9-11-13-15-17-18-42-46-50-54-58-62-66-70-74-80(85)86-75-71-67-63-59-55-51-47-44-41-39-37-35-33-31-29-27-25-23-21-19-20-22-24-26-28-30-32-34-36-38-40-43-45-49-53-57-61-65-69-73-79(84)81-77(76-82)78(83)72-68-64-60-56-52-48-16-14-12-10-8-6-4-2/h17-18,77-78,82-83H,3-16,19-76H2,1-2H3,(H,81,84)/b18-17-. The van der Waals surface area contributed by atoms with Crippen molar-refractivity contribution in [2.24, 2.45) is 0 Å². The van der Waals surface area contributed by atoms with Gasteiger partial charge in [0.15, 0.2) is 0 Å². The Morgan fingerprint density at radius 1 is 0.314 bits per heavy atom. The van der Waals surface area contributed by atoms with Crippen molar-refractivity contribution in [2.75, 3.05) is 13.2 Å². The van der Waals surface area contributed by atoms with Crippen LogP contribution in [0.2, 0.25) is 0 Å². The van der Waals surface area contributed by atoms with E-state index in [9.17, 15) is 19.8 Å². The van der Waals surface area contributed by atoms with Gasteiger partial charge in [-0.2, -0.15) is 0 Å². The van der Waals surface area contributed by atoms with Crippen molar-refractivity contribution >= 4 is 11.9 Å². The Labute approximate surface area is 539 Å². The van der Waals surface area contributed by atoms with Gasteiger partial charge in [0, 0.05) is 12.8 Å². The van der Waals surface area contributed by atoms with E-state index in [1.807, 2.05) is 0 Å². The summed E-state index contributed by atoms with van der Waals surface area (Å²) in [6.07, 6.45) is 96.1. The predicted molar refractivity (Wildman–Crippen MR) is 380 cm³/mol. The quantitative estimate of drug-likeness (QED) is 0.0320. The van der Waals surface area contributed by atoms with Gasteiger partial charge >= 0.3 is 5.97 Å². The minimum Gasteiger partial charge on any atom is -0.466 e. The molecule has 3 N–H and O–H groups in total. The van der Waals surface area contributed by atoms with Crippen LogP contribution in [0.25, 0.3) is 0 Å². The Kier molecular flexibility index (Phi) is 74.8. The summed E-state index contributed by atoms with van der Waals surface area (Å²) in [6.45, 7) is 4.99. The van der Waals surface area contributed by atoms with E-state index in [4.69, 9.17) is 4.74 Å². The van der Waals surface area contributed by atoms with E-state index >= 15 is 0 Å². The number of esters is 1. The zero-order chi connectivity index (χ0) is 62.0. The van der Waals surface area contributed by atoms with Crippen molar-refractivity contribution in [1.29, 1.82) is 0 Å². The summed E-state index contributed by atoms with van der Waals surface area (Å²) in [7, 11) is 0. The summed E-state index contributed by atoms with van der Waals surface area (Å²) in [5.41, 5.74) is 0. The molecule has 0 aromatic heterocycles. The SMILES string of the molecule is CCCCCCCC/C=C\CCCCCCCCCC(=O)OCCCCCCCCCCCCCCCCCCCCCCCCCCCCCCCCCCCCCCCCCC(=O)NC(CO)C(O)CCCCCCCCCCCCCCC. The molecule has 0 aliphatic heterocycles. The molecule has 512 valence electrons. The number of aliphatic hydroxyl groups excluding tert-OH is 2. The van der Waals surface area contributed by atoms with Gasteiger partial charge in [0.1, 0.15) is 0 Å². The first-order valence-electron chi connectivity index (χ1n) is 39.9. The molecular weight excluding hydrogens is 1050 g/mol. The lowest BCUT2D eigenvalue weighted by molar-refractivity contribution is -0.143. The first-order valence-corrected chi connectivity index (χ1v) is 39.9. The summed E-state index contributed by atoms with van der Waals surface area (Å²) in [5, 5.41) is 23.3. The van der Waals surface area contributed by atoms with Crippen molar-refractivity contribution in [3.8, 4) is 0 Å². The van der Waals surface area contributed by atoms with Crippen LogP contribution in [0.15, 0.2) is 12.2 Å². The fraction of sp³-hybridized carbons (Fsp3) is 0.950. The van der Waals surface area contributed by atoms with Crippen LogP contribution in [-0.4, -0.2) is 47.4 Å². The third-order valence-electron chi connectivity index (χ3n) is 19.1. The van der Waals surface area contributed by atoms with E-state index in [0.717, 1.165) is 38.5 Å². The number of amides is 1. The number of carbonyl (C=O) groups excluding carboxylic acids is 2. The van der Waals surface area contributed by atoms with E-state index in [2.05, 4.69) is 31.3 Å². The van der Waals surface area contributed by atoms with Crippen LogP contribution in [0.3, 0.4) is 0 Å². The monoisotopic (exact) mass is 1210 g/mol. The molecule has 0 rings (SSSR count).